The summed E-state index contributed by atoms with van der Waals surface area (Å²) in [5.41, 5.74) is -0.00910. The van der Waals surface area contributed by atoms with Crippen LogP contribution in [-0.4, -0.2) is 56.3 Å². The SMILES string of the molecule is C[C@H]([C@@]1(C[N+](C)(C)C)CCCCC1=O)[Sn]([CH3])([CH3])[CH3]. The third-order valence-electron chi connectivity index (χ3n) is 4.72. The fourth-order valence-corrected chi connectivity index (χ4v) is 9.42. The Morgan fingerprint density at radius 3 is 2.17 bits per heavy atom. The summed E-state index contributed by atoms with van der Waals surface area (Å²) in [6.07, 6.45) is 4.32. The van der Waals surface area contributed by atoms with E-state index in [1.165, 1.54) is 6.42 Å². The van der Waals surface area contributed by atoms with Crippen molar-refractivity contribution in [3.63, 3.8) is 0 Å². The molecule has 1 saturated carbocycles. The molecule has 1 fully saturated rings. The van der Waals surface area contributed by atoms with E-state index in [1.54, 1.807) is 0 Å². The summed E-state index contributed by atoms with van der Waals surface area (Å²) >= 11 is -2.06. The summed E-state index contributed by atoms with van der Waals surface area (Å²) in [6.45, 7) is 3.41. The topological polar surface area (TPSA) is 17.1 Å². The predicted octanol–water partition coefficient (Wildman–Crippen LogP) is 3.55. The number of ketones is 1. The van der Waals surface area contributed by atoms with Crippen LogP contribution in [0.4, 0.5) is 0 Å². The Morgan fingerprint density at radius 1 is 1.22 bits per heavy atom. The molecule has 3 heteroatoms. The first-order valence-corrected chi connectivity index (χ1v) is 17.5. The number of hydrogen-bond donors (Lipinski definition) is 0. The maximum absolute atomic E-state index is 12.7. The van der Waals surface area contributed by atoms with Crippen molar-refractivity contribution < 1.29 is 9.28 Å². The van der Waals surface area contributed by atoms with Gasteiger partial charge in [0.15, 0.2) is 0 Å². The molecule has 0 spiro atoms. The van der Waals surface area contributed by atoms with E-state index in [0.717, 1.165) is 30.3 Å². The van der Waals surface area contributed by atoms with Crippen LogP contribution in [0.3, 0.4) is 0 Å². The number of rotatable bonds is 4. The molecule has 0 N–H and O–H groups in total. The average molecular weight is 361 g/mol. The standard InChI is InChI=1S/C12H23NO.3CH3.Sn/c1-5-12(10-13(2,3)4)9-7-6-8-11(12)14;;;;/h5H,6-10H2,1-4H3;3*1H3;/q+1;;;;/t12-;;;;/m0..../s1. The fraction of sp³-hybridized carbons (Fsp3) is 0.933. The molecular formula is C15H32NOSn+. The van der Waals surface area contributed by atoms with Crippen LogP contribution >= 0.6 is 0 Å². The summed E-state index contributed by atoms with van der Waals surface area (Å²) in [4.78, 5) is 20.2. The number of quaternary nitrogens is 1. The molecule has 0 radical (unpaired) electrons. The molecule has 18 heavy (non-hydrogen) atoms. The molecule has 0 aliphatic heterocycles. The van der Waals surface area contributed by atoms with Gasteiger partial charge < -0.3 is 0 Å². The summed E-state index contributed by atoms with van der Waals surface area (Å²) in [7, 11) is 6.69. The summed E-state index contributed by atoms with van der Waals surface area (Å²) < 4.78 is 1.56. The van der Waals surface area contributed by atoms with Crippen LogP contribution in [0.15, 0.2) is 0 Å². The van der Waals surface area contributed by atoms with Crippen LogP contribution in [0.1, 0.15) is 32.6 Å². The number of hydrogen-bond acceptors (Lipinski definition) is 1. The van der Waals surface area contributed by atoms with Gasteiger partial charge in [-0.3, -0.25) is 0 Å². The van der Waals surface area contributed by atoms with Gasteiger partial charge in [0.05, 0.1) is 0 Å². The first-order valence-electron chi connectivity index (χ1n) is 7.33. The molecule has 0 bridgehead atoms. The van der Waals surface area contributed by atoms with Gasteiger partial charge in [0.2, 0.25) is 0 Å². The second kappa shape index (κ2) is 5.43. The molecule has 0 aromatic heterocycles. The van der Waals surface area contributed by atoms with Gasteiger partial charge >= 0.3 is 118 Å². The second-order valence-electron chi connectivity index (χ2n) is 8.32. The maximum atomic E-state index is 12.7. The van der Waals surface area contributed by atoms with Crippen molar-refractivity contribution in [3.05, 3.63) is 0 Å². The van der Waals surface area contributed by atoms with Crippen molar-refractivity contribution in [2.45, 2.75) is 51.4 Å². The van der Waals surface area contributed by atoms with Gasteiger partial charge in [-0.15, -0.1) is 0 Å². The number of carbonyl (C=O) groups is 1. The van der Waals surface area contributed by atoms with Gasteiger partial charge in [-0.2, -0.15) is 0 Å². The van der Waals surface area contributed by atoms with Crippen LogP contribution in [0, 0.1) is 5.41 Å². The molecule has 106 valence electrons. The van der Waals surface area contributed by atoms with Crippen LogP contribution in [0.25, 0.3) is 0 Å². The Kier molecular flexibility index (Phi) is 4.97. The Hall–Kier alpha value is 0.429. The molecule has 0 saturated heterocycles. The zero-order valence-corrected chi connectivity index (χ0v) is 16.3. The van der Waals surface area contributed by atoms with Crippen LogP contribution in [0.5, 0.6) is 0 Å². The van der Waals surface area contributed by atoms with E-state index in [4.69, 9.17) is 0 Å². The first kappa shape index (κ1) is 16.5. The third kappa shape index (κ3) is 3.72. The van der Waals surface area contributed by atoms with Gasteiger partial charge in [-0.1, -0.05) is 0 Å². The Bertz CT molecular complexity index is 313. The molecule has 1 aliphatic carbocycles. The number of Topliss-reactive ketones (excluding diaryl/α,β-unsaturated/α-hetero) is 1. The van der Waals surface area contributed by atoms with Crippen molar-refractivity contribution in [3.8, 4) is 0 Å². The normalized spacial score (nSPS) is 28.3. The minimum absolute atomic E-state index is 0.00910. The molecule has 0 aromatic rings. The van der Waals surface area contributed by atoms with Crippen LogP contribution in [-0.2, 0) is 4.79 Å². The molecule has 2 nitrogen and oxygen atoms in total. The number of carbonyl (C=O) groups excluding carboxylic acids is 1. The van der Waals surface area contributed by atoms with Crippen LogP contribution in [0.2, 0.25) is 18.8 Å². The quantitative estimate of drug-likeness (QED) is 0.553. The van der Waals surface area contributed by atoms with Gasteiger partial charge in [-0.05, 0) is 0 Å². The van der Waals surface area contributed by atoms with Gasteiger partial charge in [0, 0.05) is 0 Å². The molecule has 2 atom stereocenters. The summed E-state index contributed by atoms with van der Waals surface area (Å²) in [5.74, 6) is 0.570. The Balaban J connectivity index is 3.12. The van der Waals surface area contributed by atoms with Crippen molar-refractivity contribution >= 4 is 24.2 Å². The van der Waals surface area contributed by atoms with Crippen molar-refractivity contribution in [2.24, 2.45) is 5.41 Å². The fourth-order valence-electron chi connectivity index (χ4n) is 3.55. The molecule has 0 amide bonds. The van der Waals surface area contributed by atoms with Crippen molar-refractivity contribution in [1.82, 2.24) is 0 Å². The molecule has 0 heterocycles. The minimum atomic E-state index is -2.06. The van der Waals surface area contributed by atoms with Crippen molar-refractivity contribution in [1.29, 1.82) is 0 Å². The van der Waals surface area contributed by atoms with Crippen molar-refractivity contribution in [2.75, 3.05) is 27.7 Å². The molecule has 1 rings (SSSR count). The number of nitrogens with zero attached hydrogens (tertiary/aromatic N) is 1. The average Bonchev–Trinajstić information content (AvgIpc) is 2.17. The van der Waals surface area contributed by atoms with E-state index in [0.29, 0.717) is 9.72 Å². The molecule has 0 unspecified atom stereocenters. The zero-order chi connectivity index (χ0) is 14.2. The Morgan fingerprint density at radius 2 is 1.78 bits per heavy atom. The molecule has 1 aliphatic rings. The third-order valence-corrected chi connectivity index (χ3v) is 13.7. The van der Waals surface area contributed by atoms with E-state index in [2.05, 4.69) is 42.9 Å². The first-order chi connectivity index (χ1) is 7.99. The van der Waals surface area contributed by atoms with Crippen LogP contribution < -0.4 is 0 Å². The zero-order valence-electron chi connectivity index (χ0n) is 13.5. The van der Waals surface area contributed by atoms with E-state index in [1.807, 2.05) is 0 Å². The van der Waals surface area contributed by atoms with Gasteiger partial charge in [0.1, 0.15) is 0 Å². The van der Waals surface area contributed by atoms with E-state index in [9.17, 15) is 4.79 Å². The Labute approximate surface area is 118 Å². The molecular weight excluding hydrogens is 329 g/mol. The van der Waals surface area contributed by atoms with Gasteiger partial charge in [-0.25, -0.2) is 0 Å². The summed E-state index contributed by atoms with van der Waals surface area (Å²) in [5, 5.41) is 0. The van der Waals surface area contributed by atoms with E-state index < -0.39 is 18.4 Å². The van der Waals surface area contributed by atoms with E-state index >= 15 is 0 Å². The monoisotopic (exact) mass is 362 g/mol. The van der Waals surface area contributed by atoms with E-state index in [-0.39, 0.29) is 5.41 Å². The summed E-state index contributed by atoms with van der Waals surface area (Å²) in [6, 6.07) is 0. The molecule has 0 aromatic carbocycles. The second-order valence-corrected chi connectivity index (χ2v) is 24.3. The predicted molar refractivity (Wildman–Crippen MR) is 81.6 cm³/mol. The van der Waals surface area contributed by atoms with Gasteiger partial charge in [0.25, 0.3) is 0 Å².